The first-order valence-electron chi connectivity index (χ1n) is 6.85. The molecule has 3 nitrogen and oxygen atoms in total. The normalized spacial score (nSPS) is 20.8. The zero-order valence-corrected chi connectivity index (χ0v) is 11.4. The second kappa shape index (κ2) is 6.32. The van der Waals surface area contributed by atoms with E-state index in [0.29, 0.717) is 12.1 Å². The summed E-state index contributed by atoms with van der Waals surface area (Å²) in [5.74, 6) is 0. The molecule has 18 heavy (non-hydrogen) atoms. The van der Waals surface area contributed by atoms with Gasteiger partial charge in [0.15, 0.2) is 0 Å². The Labute approximate surface area is 110 Å². The van der Waals surface area contributed by atoms with Crippen molar-refractivity contribution in [2.45, 2.75) is 45.5 Å². The molecule has 0 amide bonds. The first-order valence-corrected chi connectivity index (χ1v) is 6.85. The van der Waals surface area contributed by atoms with E-state index in [1.807, 2.05) is 12.1 Å². The molecule has 2 N–H and O–H groups in total. The molecule has 0 aliphatic carbocycles. The summed E-state index contributed by atoms with van der Waals surface area (Å²) in [5, 5.41) is 12.7. The molecule has 1 aliphatic heterocycles. The maximum absolute atomic E-state index is 9.11. The molecule has 0 bridgehead atoms. The van der Waals surface area contributed by atoms with Crippen LogP contribution < -0.4 is 5.32 Å². The highest BCUT2D eigenvalue weighted by molar-refractivity contribution is 5.22. The fourth-order valence-electron chi connectivity index (χ4n) is 2.52. The molecule has 0 spiro atoms. The van der Waals surface area contributed by atoms with Gasteiger partial charge in [0.2, 0.25) is 0 Å². The Kier molecular flexibility index (Phi) is 4.75. The van der Waals surface area contributed by atoms with E-state index in [0.717, 1.165) is 18.7 Å². The molecule has 0 saturated carbocycles. The lowest BCUT2D eigenvalue weighted by Crippen LogP contribution is -2.34. The minimum absolute atomic E-state index is 0.123. The van der Waals surface area contributed by atoms with Crippen molar-refractivity contribution in [1.82, 2.24) is 10.2 Å². The number of hydrogen-bond acceptors (Lipinski definition) is 3. The molecular formula is C15H24N2O. The highest BCUT2D eigenvalue weighted by Crippen LogP contribution is 2.13. The molecule has 1 atom stereocenters. The second-order valence-electron chi connectivity index (χ2n) is 5.43. The molecular weight excluding hydrogens is 224 g/mol. The van der Waals surface area contributed by atoms with Crippen LogP contribution in [-0.2, 0) is 13.2 Å². The van der Waals surface area contributed by atoms with Crippen LogP contribution in [0.1, 0.15) is 31.4 Å². The Morgan fingerprint density at radius 1 is 1.39 bits per heavy atom. The van der Waals surface area contributed by atoms with Crippen molar-refractivity contribution in [1.29, 1.82) is 0 Å². The lowest BCUT2D eigenvalue weighted by molar-refractivity contribution is 0.268. The third-order valence-corrected chi connectivity index (χ3v) is 3.72. The Morgan fingerprint density at radius 3 is 2.83 bits per heavy atom. The SMILES string of the molecule is CC(C)N1CCC(NCc2cccc(CO)c2)C1. The number of nitrogens with one attached hydrogen (secondary N) is 1. The zero-order valence-electron chi connectivity index (χ0n) is 11.4. The van der Waals surface area contributed by atoms with Crippen LogP contribution in [0, 0.1) is 0 Å². The average molecular weight is 248 g/mol. The van der Waals surface area contributed by atoms with Crippen LogP contribution in [0.2, 0.25) is 0 Å². The fourth-order valence-corrected chi connectivity index (χ4v) is 2.52. The molecule has 1 unspecified atom stereocenters. The van der Waals surface area contributed by atoms with Crippen molar-refractivity contribution in [3.63, 3.8) is 0 Å². The van der Waals surface area contributed by atoms with Gasteiger partial charge >= 0.3 is 0 Å². The van der Waals surface area contributed by atoms with Crippen molar-refractivity contribution >= 4 is 0 Å². The fraction of sp³-hybridized carbons (Fsp3) is 0.600. The van der Waals surface area contributed by atoms with Gasteiger partial charge in [-0.25, -0.2) is 0 Å². The summed E-state index contributed by atoms with van der Waals surface area (Å²) >= 11 is 0. The highest BCUT2D eigenvalue weighted by atomic mass is 16.3. The molecule has 1 aromatic rings. The van der Waals surface area contributed by atoms with Crippen LogP contribution in [-0.4, -0.2) is 35.2 Å². The molecule has 0 aromatic heterocycles. The minimum atomic E-state index is 0.123. The van der Waals surface area contributed by atoms with E-state index in [9.17, 15) is 0 Å². The molecule has 3 heteroatoms. The summed E-state index contributed by atoms with van der Waals surface area (Å²) in [7, 11) is 0. The topological polar surface area (TPSA) is 35.5 Å². The third kappa shape index (κ3) is 3.55. The molecule has 1 fully saturated rings. The molecule has 1 aliphatic rings. The van der Waals surface area contributed by atoms with Crippen molar-refractivity contribution < 1.29 is 5.11 Å². The molecule has 0 radical (unpaired) electrons. The van der Waals surface area contributed by atoms with Crippen LogP contribution in [0.3, 0.4) is 0 Å². The van der Waals surface area contributed by atoms with E-state index >= 15 is 0 Å². The monoisotopic (exact) mass is 248 g/mol. The van der Waals surface area contributed by atoms with Gasteiger partial charge in [-0.2, -0.15) is 0 Å². The van der Waals surface area contributed by atoms with Gasteiger partial charge in [-0.15, -0.1) is 0 Å². The summed E-state index contributed by atoms with van der Waals surface area (Å²) in [6.07, 6.45) is 1.23. The first kappa shape index (κ1) is 13.5. The van der Waals surface area contributed by atoms with Crippen LogP contribution in [0.25, 0.3) is 0 Å². The van der Waals surface area contributed by atoms with Crippen LogP contribution in [0.5, 0.6) is 0 Å². The van der Waals surface area contributed by atoms with Gasteiger partial charge in [0.05, 0.1) is 6.61 Å². The standard InChI is InChI=1S/C15H24N2O/c1-12(2)17-7-6-15(10-17)16-9-13-4-3-5-14(8-13)11-18/h3-5,8,12,15-16,18H,6-7,9-11H2,1-2H3. The summed E-state index contributed by atoms with van der Waals surface area (Å²) in [4.78, 5) is 2.52. The number of hydrogen-bond donors (Lipinski definition) is 2. The molecule has 2 rings (SSSR count). The number of likely N-dealkylation sites (tertiary alicyclic amines) is 1. The van der Waals surface area contributed by atoms with Gasteiger partial charge in [-0.1, -0.05) is 24.3 Å². The van der Waals surface area contributed by atoms with Gasteiger partial charge in [0.1, 0.15) is 0 Å². The van der Waals surface area contributed by atoms with E-state index in [2.05, 4.69) is 36.2 Å². The number of benzene rings is 1. The third-order valence-electron chi connectivity index (χ3n) is 3.72. The van der Waals surface area contributed by atoms with E-state index in [1.165, 1.54) is 18.5 Å². The molecule has 100 valence electrons. The smallest absolute Gasteiger partial charge is 0.0681 e. The van der Waals surface area contributed by atoms with E-state index < -0.39 is 0 Å². The van der Waals surface area contributed by atoms with Gasteiger partial charge in [-0.3, -0.25) is 4.90 Å². The Bertz CT molecular complexity index is 379. The van der Waals surface area contributed by atoms with Crippen LogP contribution in [0.4, 0.5) is 0 Å². The largest absolute Gasteiger partial charge is 0.392 e. The Morgan fingerprint density at radius 2 is 2.17 bits per heavy atom. The van der Waals surface area contributed by atoms with E-state index in [1.54, 1.807) is 0 Å². The lowest BCUT2D eigenvalue weighted by atomic mass is 10.1. The predicted molar refractivity (Wildman–Crippen MR) is 74.3 cm³/mol. The van der Waals surface area contributed by atoms with Gasteiger partial charge in [0.25, 0.3) is 0 Å². The number of nitrogens with zero attached hydrogens (tertiary/aromatic N) is 1. The highest BCUT2D eigenvalue weighted by Gasteiger charge is 2.23. The predicted octanol–water partition coefficient (Wildman–Crippen LogP) is 1.75. The quantitative estimate of drug-likeness (QED) is 0.833. The van der Waals surface area contributed by atoms with Crippen molar-refractivity contribution in [3.8, 4) is 0 Å². The first-order chi connectivity index (χ1) is 8.69. The number of aliphatic hydroxyl groups is 1. The van der Waals surface area contributed by atoms with Gasteiger partial charge in [-0.05, 0) is 37.9 Å². The van der Waals surface area contributed by atoms with Crippen molar-refractivity contribution in [2.75, 3.05) is 13.1 Å². The van der Waals surface area contributed by atoms with E-state index in [-0.39, 0.29) is 6.61 Å². The Hall–Kier alpha value is -0.900. The number of rotatable bonds is 5. The molecule has 1 heterocycles. The number of aliphatic hydroxyl groups excluding tert-OH is 1. The van der Waals surface area contributed by atoms with Gasteiger partial charge in [0, 0.05) is 25.2 Å². The van der Waals surface area contributed by atoms with Crippen molar-refractivity contribution in [3.05, 3.63) is 35.4 Å². The second-order valence-corrected chi connectivity index (χ2v) is 5.43. The summed E-state index contributed by atoms with van der Waals surface area (Å²) in [5.41, 5.74) is 2.24. The molecule has 1 aromatic carbocycles. The summed E-state index contributed by atoms with van der Waals surface area (Å²) < 4.78 is 0. The molecule has 1 saturated heterocycles. The van der Waals surface area contributed by atoms with Crippen molar-refractivity contribution in [2.24, 2.45) is 0 Å². The van der Waals surface area contributed by atoms with Gasteiger partial charge < -0.3 is 10.4 Å². The lowest BCUT2D eigenvalue weighted by Gasteiger charge is -2.20. The van der Waals surface area contributed by atoms with Crippen LogP contribution in [0.15, 0.2) is 24.3 Å². The maximum Gasteiger partial charge on any atom is 0.0681 e. The summed E-state index contributed by atoms with van der Waals surface area (Å²) in [6.45, 7) is 7.88. The summed E-state index contributed by atoms with van der Waals surface area (Å²) in [6, 6.07) is 9.40. The minimum Gasteiger partial charge on any atom is -0.392 e. The maximum atomic E-state index is 9.11. The average Bonchev–Trinajstić information content (AvgIpc) is 2.85. The van der Waals surface area contributed by atoms with Crippen LogP contribution >= 0.6 is 0 Å². The van der Waals surface area contributed by atoms with E-state index in [4.69, 9.17) is 5.11 Å². The Balaban J connectivity index is 1.81. The zero-order chi connectivity index (χ0) is 13.0.